The van der Waals surface area contributed by atoms with E-state index < -0.39 is 11.7 Å². The molecule has 0 heterocycles. The summed E-state index contributed by atoms with van der Waals surface area (Å²) in [4.78, 5) is 0. The molecule has 0 aromatic heterocycles. The van der Waals surface area contributed by atoms with Crippen molar-refractivity contribution in [3.05, 3.63) is 35.3 Å². The van der Waals surface area contributed by atoms with Crippen molar-refractivity contribution in [1.82, 2.24) is 0 Å². The predicted molar refractivity (Wildman–Crippen MR) is 116 cm³/mol. The molecule has 0 atom stereocenters. The number of allylic oxidation sites excluding steroid dienone is 6. The van der Waals surface area contributed by atoms with E-state index >= 15 is 0 Å². The van der Waals surface area contributed by atoms with Gasteiger partial charge in [-0.15, -0.1) is 0 Å². The van der Waals surface area contributed by atoms with Crippen LogP contribution in [0, 0.1) is 23.7 Å². The topological polar surface area (TPSA) is 18.5 Å². The summed E-state index contributed by atoms with van der Waals surface area (Å²) in [5.74, 6) is 1.06. The van der Waals surface area contributed by atoms with E-state index in [4.69, 9.17) is 9.47 Å². The Balaban J connectivity index is 1.75. The van der Waals surface area contributed by atoms with Gasteiger partial charge in [-0.25, -0.2) is 0 Å². The Morgan fingerprint density at radius 2 is 1.34 bits per heavy atom. The molecule has 0 radical (unpaired) electrons. The second kappa shape index (κ2) is 12.4. The minimum atomic E-state index is -0.951. The fourth-order valence-electron chi connectivity index (χ4n) is 4.84. The normalized spacial score (nSPS) is 30.0. The van der Waals surface area contributed by atoms with Gasteiger partial charge in [0.15, 0.2) is 11.7 Å². The molecule has 4 heteroatoms. The number of hydrogen-bond donors (Lipinski definition) is 0. The molecule has 2 nitrogen and oxygen atoms in total. The van der Waals surface area contributed by atoms with Crippen LogP contribution in [0.25, 0.3) is 0 Å². The van der Waals surface area contributed by atoms with Crippen LogP contribution in [-0.4, -0.2) is 13.2 Å². The quantitative estimate of drug-likeness (QED) is 0.218. The lowest BCUT2D eigenvalue weighted by atomic mass is 9.69. The number of hydrogen-bond acceptors (Lipinski definition) is 2. The highest BCUT2D eigenvalue weighted by Gasteiger charge is 2.30. The molecule has 29 heavy (non-hydrogen) atoms. The molecule has 2 saturated carbocycles. The summed E-state index contributed by atoms with van der Waals surface area (Å²) in [5.41, 5.74) is 0. The van der Waals surface area contributed by atoms with Gasteiger partial charge >= 0.3 is 0 Å². The van der Waals surface area contributed by atoms with Crippen LogP contribution in [0.2, 0.25) is 0 Å². The van der Waals surface area contributed by atoms with Crippen LogP contribution in [-0.2, 0) is 9.47 Å². The maximum absolute atomic E-state index is 14.3. The summed E-state index contributed by atoms with van der Waals surface area (Å²) in [6.45, 7) is 7.84. The highest BCUT2D eigenvalue weighted by atomic mass is 19.2. The summed E-state index contributed by atoms with van der Waals surface area (Å²) < 4.78 is 39.1. The summed E-state index contributed by atoms with van der Waals surface area (Å²) in [6, 6.07) is 0. The third-order valence-electron chi connectivity index (χ3n) is 6.71. The maximum Gasteiger partial charge on any atom is 0.199 e. The fourth-order valence-corrected chi connectivity index (χ4v) is 4.84. The molecule has 2 rings (SSSR count). The minimum Gasteiger partial charge on any atom is -0.495 e. The zero-order chi connectivity index (χ0) is 21.2. The Hall–Kier alpha value is -1.32. The van der Waals surface area contributed by atoms with E-state index in [1.54, 1.807) is 0 Å². The van der Waals surface area contributed by atoms with Crippen LogP contribution in [0.4, 0.5) is 8.78 Å². The van der Waals surface area contributed by atoms with Crippen molar-refractivity contribution in [2.24, 2.45) is 23.7 Å². The van der Waals surface area contributed by atoms with Gasteiger partial charge in [-0.1, -0.05) is 19.1 Å². The average molecular weight is 411 g/mol. The van der Waals surface area contributed by atoms with Gasteiger partial charge in [-0.05, 0) is 102 Å². The molecule has 0 spiro atoms. The third-order valence-corrected chi connectivity index (χ3v) is 6.71. The van der Waals surface area contributed by atoms with Gasteiger partial charge in [0.1, 0.15) is 11.5 Å². The molecular weight excluding hydrogens is 370 g/mol. The predicted octanol–water partition coefficient (Wildman–Crippen LogP) is 8.02. The van der Waals surface area contributed by atoms with Crippen LogP contribution in [0.15, 0.2) is 35.3 Å². The second-order valence-electron chi connectivity index (χ2n) is 8.88. The monoisotopic (exact) mass is 410 g/mol. The second-order valence-corrected chi connectivity index (χ2v) is 8.88. The van der Waals surface area contributed by atoms with Gasteiger partial charge in [-0.2, -0.15) is 8.78 Å². The number of rotatable bonds is 9. The van der Waals surface area contributed by atoms with E-state index in [0.717, 1.165) is 37.0 Å². The number of halogens is 2. The lowest BCUT2D eigenvalue weighted by Crippen LogP contribution is -2.26. The van der Waals surface area contributed by atoms with Crippen molar-refractivity contribution in [3.63, 3.8) is 0 Å². The molecule has 0 bridgehead atoms. The molecule has 2 fully saturated rings. The zero-order valence-corrected chi connectivity index (χ0v) is 18.8. The first-order valence-corrected chi connectivity index (χ1v) is 11.6. The lowest BCUT2D eigenvalue weighted by Gasteiger charge is -2.37. The van der Waals surface area contributed by atoms with Crippen molar-refractivity contribution in [3.8, 4) is 0 Å². The fraction of sp³-hybridized carbons (Fsp3) is 0.760. The van der Waals surface area contributed by atoms with Crippen LogP contribution in [0.1, 0.15) is 85.5 Å². The van der Waals surface area contributed by atoms with Crippen molar-refractivity contribution in [2.45, 2.75) is 85.5 Å². The molecule has 0 saturated heterocycles. The molecule has 0 unspecified atom stereocenters. The first-order chi connectivity index (χ1) is 14.0. The molecule has 0 N–H and O–H groups in total. The summed E-state index contributed by atoms with van der Waals surface area (Å²) in [5, 5.41) is 0. The van der Waals surface area contributed by atoms with E-state index in [-0.39, 0.29) is 11.5 Å². The molecule has 0 aromatic carbocycles. The molecular formula is C25H40F2O2. The van der Waals surface area contributed by atoms with Gasteiger partial charge in [0, 0.05) is 0 Å². The van der Waals surface area contributed by atoms with E-state index in [9.17, 15) is 8.78 Å². The molecule has 0 aliphatic heterocycles. The van der Waals surface area contributed by atoms with Gasteiger partial charge in [0.2, 0.25) is 0 Å². The lowest BCUT2D eigenvalue weighted by molar-refractivity contribution is 0.0990. The van der Waals surface area contributed by atoms with Gasteiger partial charge in [-0.3, -0.25) is 0 Å². The smallest absolute Gasteiger partial charge is 0.199 e. The Morgan fingerprint density at radius 3 is 1.86 bits per heavy atom. The first-order valence-electron chi connectivity index (χ1n) is 11.6. The Bertz CT molecular complexity index is 578. The highest BCUT2D eigenvalue weighted by molar-refractivity contribution is 5.23. The van der Waals surface area contributed by atoms with Crippen LogP contribution >= 0.6 is 0 Å². The summed E-state index contributed by atoms with van der Waals surface area (Å²) >= 11 is 0. The van der Waals surface area contributed by atoms with E-state index in [2.05, 4.69) is 19.1 Å². The van der Waals surface area contributed by atoms with Crippen molar-refractivity contribution < 1.29 is 18.3 Å². The Morgan fingerprint density at radius 1 is 0.828 bits per heavy atom. The summed E-state index contributed by atoms with van der Waals surface area (Å²) in [6.07, 6.45) is 15.5. The van der Waals surface area contributed by atoms with E-state index in [1.807, 2.05) is 6.92 Å². The largest absolute Gasteiger partial charge is 0.495 e. The van der Waals surface area contributed by atoms with Gasteiger partial charge < -0.3 is 9.47 Å². The molecule has 0 aromatic rings. The number of ether oxygens (including phenoxy) is 2. The zero-order valence-electron chi connectivity index (χ0n) is 18.8. The molecule has 0 amide bonds. The average Bonchev–Trinajstić information content (AvgIpc) is 2.76. The maximum atomic E-state index is 14.3. The molecule has 2 aliphatic rings. The van der Waals surface area contributed by atoms with Crippen LogP contribution in [0.3, 0.4) is 0 Å². The van der Waals surface area contributed by atoms with Crippen LogP contribution in [0.5, 0.6) is 0 Å². The molecule has 2 aliphatic carbocycles. The van der Waals surface area contributed by atoms with Crippen LogP contribution < -0.4 is 0 Å². The third kappa shape index (κ3) is 7.46. The Labute approximate surface area is 176 Å². The highest BCUT2D eigenvalue weighted by Crippen LogP contribution is 2.41. The van der Waals surface area contributed by atoms with E-state index in [1.165, 1.54) is 52.4 Å². The standard InChI is InChI=1S/C25H40F2O2/c1-5-7-20-8-12-22(13-9-20)23-14-10-21(11-15-23)17-29-19(4)25(27)24(26)18(3)28-16-6-2/h5,7,20-23H,6,8-17H2,1-4H3/b7-5+,24-18-,25-19-. The van der Waals surface area contributed by atoms with Crippen molar-refractivity contribution >= 4 is 0 Å². The first kappa shape index (κ1) is 24.0. The molecule has 166 valence electrons. The van der Waals surface area contributed by atoms with E-state index in [0.29, 0.717) is 19.1 Å². The Kier molecular flexibility index (Phi) is 10.2. The minimum absolute atomic E-state index is 0.0167. The van der Waals surface area contributed by atoms with Crippen molar-refractivity contribution in [2.75, 3.05) is 13.2 Å². The van der Waals surface area contributed by atoms with Gasteiger partial charge in [0.25, 0.3) is 0 Å². The van der Waals surface area contributed by atoms with Crippen molar-refractivity contribution in [1.29, 1.82) is 0 Å². The summed E-state index contributed by atoms with van der Waals surface area (Å²) in [7, 11) is 0. The van der Waals surface area contributed by atoms with Gasteiger partial charge in [0.05, 0.1) is 13.2 Å². The SMILES string of the molecule is C/C=C/C1CCC(C2CCC(CO/C(C)=C(F)/C(F)=C(\C)OCCC)CC2)CC1.